The zero-order valence-corrected chi connectivity index (χ0v) is 13.5. The number of carbonyl (C=O) groups excluding carboxylic acids is 1. The van der Waals surface area contributed by atoms with Crippen LogP contribution in [0.3, 0.4) is 0 Å². The van der Waals surface area contributed by atoms with Gasteiger partial charge < -0.3 is 16.2 Å². The quantitative estimate of drug-likeness (QED) is 0.519. The van der Waals surface area contributed by atoms with Crippen molar-refractivity contribution in [1.29, 1.82) is 0 Å². The Morgan fingerprint density at radius 2 is 2.05 bits per heavy atom. The summed E-state index contributed by atoms with van der Waals surface area (Å²) in [6.07, 6.45) is 8.49. The highest BCUT2D eigenvalue weighted by Gasteiger charge is 2.21. The van der Waals surface area contributed by atoms with Crippen LogP contribution in [-0.2, 0) is 4.79 Å². The van der Waals surface area contributed by atoms with Crippen molar-refractivity contribution >= 4 is 5.91 Å². The maximum atomic E-state index is 10.7. The number of hydrogen-bond acceptors (Lipinski definition) is 3. The summed E-state index contributed by atoms with van der Waals surface area (Å²) in [7, 11) is 0. The minimum Gasteiger partial charge on any atom is -0.393 e. The number of nitrogens with one attached hydrogen (secondary N) is 1. The van der Waals surface area contributed by atoms with E-state index in [1.54, 1.807) is 0 Å². The molecule has 120 valence electrons. The van der Waals surface area contributed by atoms with Crippen LogP contribution in [0.5, 0.6) is 0 Å². The highest BCUT2D eigenvalue weighted by Crippen LogP contribution is 2.29. The third-order valence-electron chi connectivity index (χ3n) is 3.94. The normalized spacial score (nSPS) is 22.1. The first-order valence-electron chi connectivity index (χ1n) is 8.16. The van der Waals surface area contributed by atoms with Crippen LogP contribution >= 0.6 is 0 Å². The molecule has 4 nitrogen and oxygen atoms in total. The standard InChI is InChI=1S/C9H18O.C7H16N2O/c1-7(2)8-4-3-5-9(10)6-8;1-2-3-4-5-7(10)9-6-8/h7-10H,3-6H2,1-2H3;2-6,8H2,1H3,(H,9,10). The first-order valence-corrected chi connectivity index (χ1v) is 8.16. The van der Waals surface area contributed by atoms with Gasteiger partial charge in [-0.25, -0.2) is 0 Å². The molecule has 0 aromatic carbocycles. The number of aliphatic hydroxyl groups excluding tert-OH is 1. The fraction of sp³-hybridized carbons (Fsp3) is 0.938. The maximum Gasteiger partial charge on any atom is 0.220 e. The molecule has 0 heterocycles. The Hall–Kier alpha value is -0.610. The van der Waals surface area contributed by atoms with Crippen LogP contribution in [0.4, 0.5) is 0 Å². The van der Waals surface area contributed by atoms with Crippen LogP contribution in [0, 0.1) is 11.8 Å². The number of amides is 1. The van der Waals surface area contributed by atoms with Crippen LogP contribution in [0.1, 0.15) is 72.1 Å². The first kappa shape index (κ1) is 19.4. The van der Waals surface area contributed by atoms with Gasteiger partial charge in [-0.3, -0.25) is 4.79 Å². The van der Waals surface area contributed by atoms with Crippen molar-refractivity contribution in [3.05, 3.63) is 0 Å². The number of nitrogens with two attached hydrogens (primary N) is 1. The van der Waals surface area contributed by atoms with Crippen molar-refractivity contribution in [2.75, 3.05) is 6.67 Å². The number of unbranched alkanes of at least 4 members (excludes halogenated alkanes) is 2. The molecule has 2 atom stereocenters. The molecule has 1 rings (SSSR count). The summed E-state index contributed by atoms with van der Waals surface area (Å²) >= 11 is 0. The molecule has 0 radical (unpaired) electrons. The molecular weight excluding hydrogens is 252 g/mol. The molecule has 0 bridgehead atoms. The van der Waals surface area contributed by atoms with Gasteiger partial charge >= 0.3 is 0 Å². The van der Waals surface area contributed by atoms with Crippen molar-refractivity contribution in [2.45, 2.75) is 78.2 Å². The van der Waals surface area contributed by atoms with E-state index in [0.29, 0.717) is 6.42 Å². The SMILES string of the molecule is CC(C)C1CCCC(O)C1.CCCCCC(=O)NCN. The molecule has 1 saturated carbocycles. The Labute approximate surface area is 124 Å². The van der Waals surface area contributed by atoms with E-state index >= 15 is 0 Å². The molecule has 0 aliphatic heterocycles. The minimum absolute atomic E-state index is 0.00106. The second-order valence-electron chi connectivity index (χ2n) is 6.09. The Balaban J connectivity index is 0.000000361. The van der Waals surface area contributed by atoms with Crippen molar-refractivity contribution < 1.29 is 9.90 Å². The summed E-state index contributed by atoms with van der Waals surface area (Å²) in [6, 6.07) is 0. The molecule has 4 N–H and O–H groups in total. The van der Waals surface area contributed by atoms with E-state index < -0.39 is 0 Å². The summed E-state index contributed by atoms with van der Waals surface area (Å²) in [6.45, 7) is 6.87. The number of rotatable bonds is 6. The second-order valence-corrected chi connectivity index (χ2v) is 6.09. The van der Waals surface area contributed by atoms with E-state index in [0.717, 1.165) is 43.9 Å². The monoisotopic (exact) mass is 286 g/mol. The van der Waals surface area contributed by atoms with E-state index in [-0.39, 0.29) is 18.7 Å². The fourth-order valence-corrected chi connectivity index (χ4v) is 2.54. The zero-order chi connectivity index (χ0) is 15.4. The fourth-order valence-electron chi connectivity index (χ4n) is 2.54. The summed E-state index contributed by atoms with van der Waals surface area (Å²) < 4.78 is 0. The lowest BCUT2D eigenvalue weighted by molar-refractivity contribution is -0.121. The summed E-state index contributed by atoms with van der Waals surface area (Å²) in [4.78, 5) is 10.7. The second kappa shape index (κ2) is 12.2. The summed E-state index contributed by atoms with van der Waals surface area (Å²) in [5.41, 5.74) is 5.10. The molecule has 0 aromatic heterocycles. The van der Waals surface area contributed by atoms with E-state index in [2.05, 4.69) is 26.1 Å². The van der Waals surface area contributed by atoms with Crippen LogP contribution in [0.25, 0.3) is 0 Å². The summed E-state index contributed by atoms with van der Waals surface area (Å²) in [5, 5.41) is 11.9. The molecule has 1 fully saturated rings. The molecule has 4 heteroatoms. The number of hydrogen-bond donors (Lipinski definition) is 3. The van der Waals surface area contributed by atoms with Crippen LogP contribution in [0.15, 0.2) is 0 Å². The highest BCUT2D eigenvalue weighted by atomic mass is 16.3. The van der Waals surface area contributed by atoms with Gasteiger partial charge in [0.1, 0.15) is 0 Å². The minimum atomic E-state index is 0.00106. The van der Waals surface area contributed by atoms with Gasteiger partial charge in [-0.2, -0.15) is 0 Å². The van der Waals surface area contributed by atoms with E-state index in [1.807, 2.05) is 0 Å². The Kier molecular flexibility index (Phi) is 11.8. The zero-order valence-electron chi connectivity index (χ0n) is 13.5. The van der Waals surface area contributed by atoms with Crippen LogP contribution in [0.2, 0.25) is 0 Å². The summed E-state index contributed by atoms with van der Waals surface area (Å²) in [5.74, 6) is 1.61. The largest absolute Gasteiger partial charge is 0.393 e. The van der Waals surface area contributed by atoms with Crippen molar-refractivity contribution in [3.8, 4) is 0 Å². The van der Waals surface area contributed by atoms with Gasteiger partial charge in [0.2, 0.25) is 5.91 Å². The number of carbonyl (C=O) groups is 1. The Bertz CT molecular complexity index is 245. The van der Waals surface area contributed by atoms with Gasteiger partial charge in [0.05, 0.1) is 12.8 Å². The average molecular weight is 286 g/mol. The maximum absolute atomic E-state index is 10.7. The van der Waals surface area contributed by atoms with Crippen molar-refractivity contribution in [1.82, 2.24) is 5.32 Å². The topological polar surface area (TPSA) is 75.3 Å². The van der Waals surface area contributed by atoms with E-state index in [4.69, 9.17) is 5.73 Å². The molecule has 0 saturated heterocycles. The lowest BCUT2D eigenvalue weighted by Gasteiger charge is -2.28. The molecule has 0 spiro atoms. The van der Waals surface area contributed by atoms with E-state index in [9.17, 15) is 9.90 Å². The third kappa shape index (κ3) is 10.2. The highest BCUT2D eigenvalue weighted by molar-refractivity contribution is 5.75. The Morgan fingerprint density at radius 1 is 1.35 bits per heavy atom. The molecule has 2 unspecified atom stereocenters. The smallest absolute Gasteiger partial charge is 0.220 e. The molecular formula is C16H34N2O2. The van der Waals surface area contributed by atoms with Crippen molar-refractivity contribution in [2.24, 2.45) is 17.6 Å². The molecule has 1 amide bonds. The first-order chi connectivity index (χ1) is 9.51. The van der Waals surface area contributed by atoms with Gasteiger partial charge in [0.15, 0.2) is 0 Å². The molecule has 1 aliphatic rings. The van der Waals surface area contributed by atoms with Gasteiger partial charge in [0.25, 0.3) is 0 Å². The van der Waals surface area contributed by atoms with Crippen molar-refractivity contribution in [3.63, 3.8) is 0 Å². The van der Waals surface area contributed by atoms with Gasteiger partial charge in [-0.05, 0) is 31.1 Å². The molecule has 0 aromatic rings. The lowest BCUT2D eigenvalue weighted by atomic mass is 9.80. The predicted octanol–water partition coefficient (Wildman–Crippen LogP) is 2.79. The van der Waals surface area contributed by atoms with Gasteiger partial charge in [-0.15, -0.1) is 0 Å². The average Bonchev–Trinajstić information content (AvgIpc) is 2.40. The van der Waals surface area contributed by atoms with Gasteiger partial charge in [-0.1, -0.05) is 46.5 Å². The number of aliphatic hydroxyl groups is 1. The van der Waals surface area contributed by atoms with Gasteiger partial charge in [0, 0.05) is 6.42 Å². The van der Waals surface area contributed by atoms with E-state index in [1.165, 1.54) is 12.8 Å². The Morgan fingerprint density at radius 3 is 2.50 bits per heavy atom. The molecule has 1 aliphatic carbocycles. The molecule has 20 heavy (non-hydrogen) atoms. The van der Waals surface area contributed by atoms with Crippen LogP contribution < -0.4 is 11.1 Å². The lowest BCUT2D eigenvalue weighted by Crippen LogP contribution is -2.28. The van der Waals surface area contributed by atoms with Crippen LogP contribution in [-0.4, -0.2) is 23.8 Å². The predicted molar refractivity (Wildman–Crippen MR) is 84.1 cm³/mol. The third-order valence-corrected chi connectivity index (χ3v) is 3.94.